The van der Waals surface area contributed by atoms with Gasteiger partial charge in [0.25, 0.3) is 5.91 Å². The van der Waals surface area contributed by atoms with E-state index in [1.54, 1.807) is 36.1 Å². The Bertz CT molecular complexity index is 697. The summed E-state index contributed by atoms with van der Waals surface area (Å²) in [6.07, 6.45) is 1.44. The summed E-state index contributed by atoms with van der Waals surface area (Å²) in [7, 11) is -3.57. The van der Waals surface area contributed by atoms with Crippen molar-refractivity contribution in [3.8, 4) is 5.75 Å². The van der Waals surface area contributed by atoms with Crippen LogP contribution in [-0.4, -0.2) is 69.0 Å². The van der Waals surface area contributed by atoms with Crippen molar-refractivity contribution >= 4 is 15.9 Å². The Balaban J connectivity index is 1.92. The van der Waals surface area contributed by atoms with E-state index in [2.05, 4.69) is 6.92 Å². The third-order valence-electron chi connectivity index (χ3n) is 4.54. The highest BCUT2D eigenvalue weighted by atomic mass is 32.2. The molecule has 0 N–H and O–H groups in total. The van der Waals surface area contributed by atoms with Crippen molar-refractivity contribution in [3.05, 3.63) is 24.3 Å². The summed E-state index contributed by atoms with van der Waals surface area (Å²) >= 11 is 0. The molecule has 0 bridgehead atoms. The van der Waals surface area contributed by atoms with Crippen LogP contribution < -0.4 is 4.74 Å². The van der Waals surface area contributed by atoms with Gasteiger partial charge in [-0.05, 0) is 44.5 Å². The van der Waals surface area contributed by atoms with E-state index in [1.165, 1.54) is 4.31 Å². The summed E-state index contributed by atoms with van der Waals surface area (Å²) in [5.74, 6) is 0.563. The van der Waals surface area contributed by atoms with Crippen molar-refractivity contribution in [1.82, 2.24) is 9.21 Å². The number of rotatable bonds is 9. The number of piperazine rings is 1. The van der Waals surface area contributed by atoms with Crippen LogP contribution in [0.4, 0.5) is 0 Å². The standard InChI is InChI=1S/C19H30N2O5S/c1-4-6-15-26-16(3)19(22)20-11-13-21(14-12-20)27(23,24)18-9-7-17(8-10-18)25-5-2/h7-10,16H,4-6,11-15H2,1-3H3. The molecule has 2 rings (SSSR count). The number of hydrogen-bond acceptors (Lipinski definition) is 5. The molecule has 0 saturated carbocycles. The normalized spacial score (nSPS) is 16.9. The SMILES string of the molecule is CCCCOC(C)C(=O)N1CCN(S(=O)(=O)c2ccc(OCC)cc2)CC1. The second-order valence-electron chi connectivity index (χ2n) is 6.50. The summed E-state index contributed by atoms with van der Waals surface area (Å²) in [5.41, 5.74) is 0. The third kappa shape index (κ3) is 5.67. The lowest BCUT2D eigenvalue weighted by molar-refractivity contribution is -0.143. The van der Waals surface area contributed by atoms with Gasteiger partial charge in [-0.2, -0.15) is 4.31 Å². The van der Waals surface area contributed by atoms with Gasteiger partial charge in [-0.15, -0.1) is 0 Å². The molecule has 27 heavy (non-hydrogen) atoms. The molecule has 1 aromatic carbocycles. The van der Waals surface area contributed by atoms with E-state index in [-0.39, 0.29) is 23.9 Å². The molecule has 1 amide bonds. The highest BCUT2D eigenvalue weighted by molar-refractivity contribution is 7.89. The molecule has 8 heteroatoms. The lowest BCUT2D eigenvalue weighted by atomic mass is 10.3. The van der Waals surface area contributed by atoms with Crippen molar-refractivity contribution in [2.75, 3.05) is 39.4 Å². The molecule has 1 unspecified atom stereocenters. The Morgan fingerprint density at radius 1 is 1.11 bits per heavy atom. The molecule has 1 atom stereocenters. The Labute approximate surface area is 162 Å². The van der Waals surface area contributed by atoms with Crippen LogP contribution >= 0.6 is 0 Å². The molecule has 0 spiro atoms. The lowest BCUT2D eigenvalue weighted by Gasteiger charge is -2.35. The Kier molecular flexibility index (Phi) is 8.07. The van der Waals surface area contributed by atoms with E-state index in [4.69, 9.17) is 9.47 Å². The van der Waals surface area contributed by atoms with Crippen LogP contribution in [0.25, 0.3) is 0 Å². The molecule has 0 aromatic heterocycles. The van der Waals surface area contributed by atoms with E-state index in [1.807, 2.05) is 6.92 Å². The van der Waals surface area contributed by atoms with Crippen LogP contribution in [0, 0.1) is 0 Å². The van der Waals surface area contributed by atoms with Gasteiger partial charge in [0.1, 0.15) is 11.9 Å². The first kappa shape index (κ1) is 21.7. The zero-order valence-electron chi connectivity index (χ0n) is 16.4. The number of ether oxygens (including phenoxy) is 2. The van der Waals surface area contributed by atoms with Crippen LogP contribution in [-0.2, 0) is 19.6 Å². The van der Waals surface area contributed by atoms with Crippen molar-refractivity contribution in [2.45, 2.75) is 44.6 Å². The summed E-state index contributed by atoms with van der Waals surface area (Å²) in [6.45, 7) is 8.10. The molecular weight excluding hydrogens is 368 g/mol. The van der Waals surface area contributed by atoms with Crippen molar-refractivity contribution in [2.24, 2.45) is 0 Å². The zero-order chi connectivity index (χ0) is 19.9. The molecule has 1 aliphatic heterocycles. The van der Waals surface area contributed by atoms with Crippen molar-refractivity contribution in [1.29, 1.82) is 0 Å². The van der Waals surface area contributed by atoms with Gasteiger partial charge in [0.05, 0.1) is 11.5 Å². The van der Waals surface area contributed by atoms with Gasteiger partial charge >= 0.3 is 0 Å². The maximum atomic E-state index is 12.8. The Morgan fingerprint density at radius 2 is 1.74 bits per heavy atom. The Hall–Kier alpha value is -1.64. The summed E-state index contributed by atoms with van der Waals surface area (Å²) in [4.78, 5) is 14.4. The zero-order valence-corrected chi connectivity index (χ0v) is 17.2. The average molecular weight is 399 g/mol. The number of nitrogens with zero attached hydrogens (tertiary/aromatic N) is 2. The maximum Gasteiger partial charge on any atom is 0.251 e. The van der Waals surface area contributed by atoms with E-state index >= 15 is 0 Å². The molecule has 1 saturated heterocycles. The minimum Gasteiger partial charge on any atom is -0.494 e. The Morgan fingerprint density at radius 3 is 2.30 bits per heavy atom. The molecule has 7 nitrogen and oxygen atoms in total. The second kappa shape index (κ2) is 10.1. The van der Waals surface area contributed by atoms with Crippen molar-refractivity contribution in [3.63, 3.8) is 0 Å². The number of hydrogen-bond donors (Lipinski definition) is 0. The van der Waals surface area contributed by atoms with Gasteiger partial charge in [0.2, 0.25) is 10.0 Å². The second-order valence-corrected chi connectivity index (χ2v) is 8.44. The summed E-state index contributed by atoms with van der Waals surface area (Å²) in [6, 6.07) is 6.43. The van der Waals surface area contributed by atoms with Gasteiger partial charge in [-0.1, -0.05) is 13.3 Å². The summed E-state index contributed by atoms with van der Waals surface area (Å²) in [5, 5.41) is 0. The molecular formula is C19H30N2O5S. The maximum absolute atomic E-state index is 12.8. The lowest BCUT2D eigenvalue weighted by Crippen LogP contribution is -2.52. The fourth-order valence-electron chi connectivity index (χ4n) is 2.91. The van der Waals surface area contributed by atoms with Crippen LogP contribution in [0.15, 0.2) is 29.2 Å². The first-order chi connectivity index (χ1) is 12.9. The molecule has 152 valence electrons. The van der Waals surface area contributed by atoms with Crippen LogP contribution in [0.2, 0.25) is 0 Å². The van der Waals surface area contributed by atoms with E-state index in [9.17, 15) is 13.2 Å². The van der Waals surface area contributed by atoms with Gasteiger partial charge in [0, 0.05) is 32.8 Å². The van der Waals surface area contributed by atoms with Crippen LogP contribution in [0.5, 0.6) is 5.75 Å². The van der Waals surface area contributed by atoms with Crippen LogP contribution in [0.3, 0.4) is 0 Å². The first-order valence-electron chi connectivity index (χ1n) is 9.53. The highest BCUT2D eigenvalue weighted by Crippen LogP contribution is 2.21. The largest absolute Gasteiger partial charge is 0.494 e. The first-order valence-corrected chi connectivity index (χ1v) is 11.0. The van der Waals surface area contributed by atoms with Gasteiger partial charge in [-0.3, -0.25) is 4.79 Å². The fourth-order valence-corrected chi connectivity index (χ4v) is 4.33. The number of carbonyl (C=O) groups is 1. The topological polar surface area (TPSA) is 76.2 Å². The van der Waals surface area contributed by atoms with Crippen LogP contribution in [0.1, 0.15) is 33.6 Å². The molecule has 1 aromatic rings. The fraction of sp³-hybridized carbons (Fsp3) is 0.632. The highest BCUT2D eigenvalue weighted by Gasteiger charge is 2.31. The number of sulfonamides is 1. The van der Waals surface area contributed by atoms with Gasteiger partial charge in [0.15, 0.2) is 0 Å². The quantitative estimate of drug-likeness (QED) is 0.596. The molecule has 0 aliphatic carbocycles. The van der Waals surface area contributed by atoms with E-state index in [0.717, 1.165) is 12.8 Å². The molecule has 1 heterocycles. The number of carbonyl (C=O) groups excluding carboxylic acids is 1. The number of benzene rings is 1. The third-order valence-corrected chi connectivity index (χ3v) is 6.45. The average Bonchev–Trinajstić information content (AvgIpc) is 2.68. The predicted octanol–water partition coefficient (Wildman–Crippen LogP) is 2.12. The minimum atomic E-state index is -3.57. The minimum absolute atomic E-state index is 0.0794. The predicted molar refractivity (Wildman–Crippen MR) is 103 cm³/mol. The van der Waals surface area contributed by atoms with E-state index in [0.29, 0.717) is 32.1 Å². The van der Waals surface area contributed by atoms with Crippen molar-refractivity contribution < 1.29 is 22.7 Å². The number of amides is 1. The van der Waals surface area contributed by atoms with Gasteiger partial charge < -0.3 is 14.4 Å². The molecule has 1 aliphatic rings. The molecule has 1 fully saturated rings. The van der Waals surface area contributed by atoms with E-state index < -0.39 is 16.1 Å². The smallest absolute Gasteiger partial charge is 0.251 e. The number of unbranched alkanes of at least 4 members (excludes halogenated alkanes) is 1. The molecule has 0 radical (unpaired) electrons. The van der Waals surface area contributed by atoms with Gasteiger partial charge in [-0.25, -0.2) is 8.42 Å². The monoisotopic (exact) mass is 398 g/mol. The summed E-state index contributed by atoms with van der Waals surface area (Å²) < 4.78 is 37.9.